The molecule has 1 unspecified atom stereocenters. The molecule has 0 radical (unpaired) electrons. The van der Waals surface area contributed by atoms with Gasteiger partial charge in [-0.1, -0.05) is 61.5 Å². The molecule has 1 nitrogen and oxygen atoms in total. The van der Waals surface area contributed by atoms with E-state index in [1.54, 1.807) is 0 Å². The number of nitrogens with zero attached hydrogens (tertiary/aromatic N) is 1. The maximum atomic E-state index is 2.46. The lowest BCUT2D eigenvalue weighted by molar-refractivity contribution is 0.322. The van der Waals surface area contributed by atoms with Gasteiger partial charge < -0.3 is 4.90 Å². The van der Waals surface area contributed by atoms with Crippen molar-refractivity contribution in [1.82, 2.24) is 4.90 Å². The molecule has 23 heavy (non-hydrogen) atoms. The predicted molar refractivity (Wildman–Crippen MR) is 102 cm³/mol. The summed E-state index contributed by atoms with van der Waals surface area (Å²) in [7, 11) is 2.24. The van der Waals surface area contributed by atoms with E-state index in [1.807, 2.05) is 0 Å². The zero-order valence-corrected chi connectivity index (χ0v) is 15.1. The van der Waals surface area contributed by atoms with E-state index >= 15 is 0 Å². The van der Waals surface area contributed by atoms with E-state index in [1.165, 1.54) is 49.0 Å². The Kier molecular flexibility index (Phi) is 5.45. The number of thioether (sulfide) groups is 1. The van der Waals surface area contributed by atoms with Gasteiger partial charge in [-0.15, -0.1) is 11.8 Å². The highest BCUT2D eigenvalue weighted by Gasteiger charge is 2.40. The van der Waals surface area contributed by atoms with Crippen LogP contribution in [0.2, 0.25) is 0 Å². The number of benzene rings is 2. The molecule has 0 aromatic heterocycles. The Labute approximate surface area is 145 Å². The van der Waals surface area contributed by atoms with E-state index in [9.17, 15) is 0 Å². The lowest BCUT2D eigenvalue weighted by atomic mass is 9.84. The average Bonchev–Trinajstić information content (AvgIpc) is 2.96. The van der Waals surface area contributed by atoms with E-state index < -0.39 is 0 Å². The third-order valence-corrected chi connectivity index (χ3v) is 6.45. The summed E-state index contributed by atoms with van der Waals surface area (Å²) in [5.74, 6) is 1.13. The molecule has 3 rings (SSSR count). The van der Waals surface area contributed by atoms with Gasteiger partial charge in [-0.2, -0.15) is 0 Å². The molecule has 0 saturated carbocycles. The molecule has 1 aliphatic heterocycles. The molecular formula is C21H27NS. The standard InChI is InChI=1S/C21H27NS/c1-3-15-22(2)16-9-14-21(19-11-5-4-6-12-19)20-13-8-7-10-18(20)17-23-21/h4-8,10-13H,3,9,14-17H2,1-2H3. The van der Waals surface area contributed by atoms with Crippen molar-refractivity contribution in [1.29, 1.82) is 0 Å². The molecular weight excluding hydrogens is 298 g/mol. The van der Waals surface area contributed by atoms with Gasteiger partial charge in [0.05, 0.1) is 4.75 Å². The quantitative estimate of drug-likeness (QED) is 0.679. The first-order chi connectivity index (χ1) is 11.3. The first-order valence-corrected chi connectivity index (χ1v) is 9.71. The normalized spacial score (nSPS) is 20.0. The fraction of sp³-hybridized carbons (Fsp3) is 0.429. The van der Waals surface area contributed by atoms with Crippen molar-refractivity contribution in [3.63, 3.8) is 0 Å². The van der Waals surface area contributed by atoms with Crippen LogP contribution in [0, 0.1) is 0 Å². The van der Waals surface area contributed by atoms with Crippen molar-refractivity contribution < 1.29 is 0 Å². The third kappa shape index (κ3) is 3.49. The molecule has 0 saturated heterocycles. The summed E-state index contributed by atoms with van der Waals surface area (Å²) in [6.07, 6.45) is 3.69. The Morgan fingerprint density at radius 1 is 1.00 bits per heavy atom. The molecule has 0 bridgehead atoms. The first-order valence-electron chi connectivity index (χ1n) is 8.72. The average molecular weight is 326 g/mol. The van der Waals surface area contributed by atoms with E-state index in [-0.39, 0.29) is 4.75 Å². The summed E-state index contributed by atoms with van der Waals surface area (Å²) >= 11 is 2.12. The van der Waals surface area contributed by atoms with Crippen LogP contribution >= 0.6 is 11.8 Å². The van der Waals surface area contributed by atoms with Crippen molar-refractivity contribution in [2.45, 2.75) is 36.7 Å². The van der Waals surface area contributed by atoms with E-state index in [0.29, 0.717) is 0 Å². The second kappa shape index (κ2) is 7.55. The zero-order valence-electron chi connectivity index (χ0n) is 14.3. The fourth-order valence-electron chi connectivity index (χ4n) is 3.71. The molecule has 0 spiro atoms. The monoisotopic (exact) mass is 325 g/mol. The molecule has 2 aromatic carbocycles. The maximum absolute atomic E-state index is 2.46. The minimum Gasteiger partial charge on any atom is -0.306 e. The lowest BCUT2D eigenvalue weighted by Crippen LogP contribution is -2.25. The van der Waals surface area contributed by atoms with Gasteiger partial charge in [0.15, 0.2) is 0 Å². The van der Waals surface area contributed by atoms with Crippen molar-refractivity contribution in [2.24, 2.45) is 0 Å². The summed E-state index contributed by atoms with van der Waals surface area (Å²) in [4.78, 5) is 2.46. The second-order valence-corrected chi connectivity index (χ2v) is 7.82. The zero-order chi connectivity index (χ0) is 16.1. The number of hydrogen-bond donors (Lipinski definition) is 0. The Bertz CT molecular complexity index is 625. The van der Waals surface area contributed by atoms with Crippen LogP contribution in [0.15, 0.2) is 54.6 Å². The van der Waals surface area contributed by atoms with Crippen LogP contribution in [0.4, 0.5) is 0 Å². The van der Waals surface area contributed by atoms with E-state index in [2.05, 4.69) is 85.2 Å². The van der Waals surface area contributed by atoms with Crippen LogP contribution in [-0.2, 0) is 10.5 Å². The molecule has 2 aromatic rings. The first kappa shape index (κ1) is 16.6. The molecule has 2 heteroatoms. The van der Waals surface area contributed by atoms with Gasteiger partial charge in [0.25, 0.3) is 0 Å². The topological polar surface area (TPSA) is 3.24 Å². The van der Waals surface area contributed by atoms with Crippen molar-refractivity contribution in [3.05, 3.63) is 71.3 Å². The summed E-state index contributed by atoms with van der Waals surface area (Å²) in [6, 6.07) is 20.1. The summed E-state index contributed by atoms with van der Waals surface area (Å²) in [5, 5.41) is 0. The minimum atomic E-state index is 0.144. The third-order valence-electron chi connectivity index (χ3n) is 4.84. The summed E-state index contributed by atoms with van der Waals surface area (Å²) in [6.45, 7) is 4.64. The molecule has 1 aliphatic rings. The highest BCUT2D eigenvalue weighted by molar-refractivity contribution is 8.00. The van der Waals surface area contributed by atoms with E-state index in [0.717, 1.165) is 5.75 Å². The van der Waals surface area contributed by atoms with Crippen LogP contribution in [0.1, 0.15) is 42.9 Å². The van der Waals surface area contributed by atoms with Crippen LogP contribution in [0.5, 0.6) is 0 Å². The van der Waals surface area contributed by atoms with Crippen molar-refractivity contribution in [3.8, 4) is 0 Å². The molecule has 0 N–H and O–H groups in total. The van der Waals surface area contributed by atoms with Crippen LogP contribution in [-0.4, -0.2) is 25.0 Å². The highest BCUT2D eigenvalue weighted by atomic mass is 32.2. The molecule has 1 heterocycles. The van der Waals surface area contributed by atoms with Crippen molar-refractivity contribution in [2.75, 3.05) is 20.1 Å². The van der Waals surface area contributed by atoms with Gasteiger partial charge in [-0.05, 0) is 56.1 Å². The molecule has 1 atom stereocenters. The molecule has 0 aliphatic carbocycles. The van der Waals surface area contributed by atoms with Gasteiger partial charge in [0.2, 0.25) is 0 Å². The van der Waals surface area contributed by atoms with Gasteiger partial charge in [0, 0.05) is 5.75 Å². The smallest absolute Gasteiger partial charge is 0.0663 e. The Hall–Kier alpha value is -1.25. The number of rotatable bonds is 7. The minimum absolute atomic E-state index is 0.144. The second-order valence-electron chi connectivity index (χ2n) is 6.55. The maximum Gasteiger partial charge on any atom is 0.0663 e. The largest absolute Gasteiger partial charge is 0.306 e. The van der Waals surface area contributed by atoms with Gasteiger partial charge >= 0.3 is 0 Å². The molecule has 122 valence electrons. The van der Waals surface area contributed by atoms with Gasteiger partial charge in [-0.3, -0.25) is 0 Å². The van der Waals surface area contributed by atoms with Crippen LogP contribution in [0.25, 0.3) is 0 Å². The van der Waals surface area contributed by atoms with Crippen LogP contribution in [0.3, 0.4) is 0 Å². The van der Waals surface area contributed by atoms with E-state index in [4.69, 9.17) is 0 Å². The SMILES string of the molecule is CCCN(C)CCCC1(c2ccccc2)SCc2ccccc21. The fourth-order valence-corrected chi connectivity index (χ4v) is 5.31. The van der Waals surface area contributed by atoms with Gasteiger partial charge in [0.1, 0.15) is 0 Å². The summed E-state index contributed by atoms with van der Waals surface area (Å²) < 4.78 is 0.144. The number of hydrogen-bond acceptors (Lipinski definition) is 2. The summed E-state index contributed by atoms with van der Waals surface area (Å²) in [5.41, 5.74) is 4.52. The molecule has 0 fully saturated rings. The molecule has 0 amide bonds. The lowest BCUT2D eigenvalue weighted by Gasteiger charge is -2.31. The number of fused-ring (bicyclic) bond motifs is 1. The van der Waals surface area contributed by atoms with Crippen molar-refractivity contribution >= 4 is 11.8 Å². The Morgan fingerprint density at radius 2 is 1.74 bits per heavy atom. The van der Waals surface area contributed by atoms with Crippen LogP contribution < -0.4 is 0 Å². The van der Waals surface area contributed by atoms with Gasteiger partial charge in [-0.25, -0.2) is 0 Å². The highest BCUT2D eigenvalue weighted by Crippen LogP contribution is 2.54. The Morgan fingerprint density at radius 3 is 2.52 bits per heavy atom. The Balaban J connectivity index is 1.85. The predicted octanol–water partition coefficient (Wildman–Crippen LogP) is 5.30.